The van der Waals surface area contributed by atoms with Crippen LogP contribution in [0.15, 0.2) is 60.7 Å². The molecular weight excluding hydrogens is 302 g/mol. The molecule has 0 heterocycles. The molecule has 0 aromatic heterocycles. The van der Waals surface area contributed by atoms with Crippen molar-refractivity contribution in [1.29, 1.82) is 0 Å². The van der Waals surface area contributed by atoms with Gasteiger partial charge in [0.1, 0.15) is 6.04 Å². The number of unbranched alkanes of at least 4 members (excludes halogenated alkanes) is 5. The topological polar surface area (TPSA) is 16.6 Å². The Labute approximate surface area is 147 Å². The zero-order valence-corrected chi connectivity index (χ0v) is 15.0. The lowest BCUT2D eigenvalue weighted by molar-refractivity contribution is -0.687. The van der Waals surface area contributed by atoms with Gasteiger partial charge in [0.15, 0.2) is 0 Å². The Morgan fingerprint density at radius 3 is 1.70 bits per heavy atom. The number of nitrogens with two attached hydrogens (primary N) is 1. The predicted molar refractivity (Wildman–Crippen MR) is 94.9 cm³/mol. The number of hydrogen-bond acceptors (Lipinski definition) is 0. The summed E-state index contributed by atoms with van der Waals surface area (Å²) in [6.45, 7) is 3.48. The van der Waals surface area contributed by atoms with Crippen molar-refractivity contribution >= 4 is 0 Å². The number of halogens is 1. The lowest BCUT2D eigenvalue weighted by Gasteiger charge is -2.16. The molecule has 2 aromatic carbocycles. The minimum Gasteiger partial charge on any atom is -1.00 e. The van der Waals surface area contributed by atoms with Gasteiger partial charge in [-0.1, -0.05) is 93.3 Å². The second kappa shape index (κ2) is 12.2. The molecule has 2 rings (SSSR count). The molecule has 0 fully saturated rings. The highest BCUT2D eigenvalue weighted by molar-refractivity contribution is 5.28. The first-order valence-electron chi connectivity index (χ1n) is 8.85. The van der Waals surface area contributed by atoms with Gasteiger partial charge in [-0.2, -0.15) is 0 Å². The number of quaternary nitrogens is 1. The van der Waals surface area contributed by atoms with Crippen LogP contribution in [0.3, 0.4) is 0 Å². The van der Waals surface area contributed by atoms with Gasteiger partial charge in [0.05, 0.1) is 6.54 Å². The fourth-order valence-corrected chi connectivity index (χ4v) is 2.99. The van der Waals surface area contributed by atoms with E-state index in [9.17, 15) is 0 Å². The smallest absolute Gasteiger partial charge is 0.137 e. The minimum atomic E-state index is 0. The Balaban J connectivity index is 0.00000264. The zero-order valence-electron chi connectivity index (χ0n) is 14.3. The van der Waals surface area contributed by atoms with Gasteiger partial charge < -0.3 is 17.7 Å². The molecule has 0 saturated carbocycles. The molecule has 23 heavy (non-hydrogen) atoms. The van der Waals surface area contributed by atoms with Crippen molar-refractivity contribution in [3.63, 3.8) is 0 Å². The maximum absolute atomic E-state index is 2.50. The number of hydrogen-bond donors (Lipinski definition) is 1. The van der Waals surface area contributed by atoms with E-state index in [2.05, 4.69) is 72.9 Å². The molecule has 0 aliphatic carbocycles. The summed E-state index contributed by atoms with van der Waals surface area (Å²) in [5.74, 6) is 0. The maximum Gasteiger partial charge on any atom is 0.137 e. The molecule has 0 spiro atoms. The van der Waals surface area contributed by atoms with Crippen LogP contribution in [0.1, 0.15) is 62.6 Å². The molecule has 2 heteroatoms. The van der Waals surface area contributed by atoms with E-state index in [0.29, 0.717) is 6.04 Å². The average Bonchev–Trinajstić information content (AvgIpc) is 2.59. The van der Waals surface area contributed by atoms with Crippen LogP contribution in [0.5, 0.6) is 0 Å². The van der Waals surface area contributed by atoms with Crippen LogP contribution in [0.4, 0.5) is 0 Å². The molecule has 126 valence electrons. The van der Waals surface area contributed by atoms with Gasteiger partial charge in [0.25, 0.3) is 0 Å². The van der Waals surface area contributed by atoms with E-state index in [1.165, 1.54) is 56.2 Å². The summed E-state index contributed by atoms with van der Waals surface area (Å²) < 4.78 is 0. The Hall–Kier alpha value is -1.31. The largest absolute Gasteiger partial charge is 1.00 e. The molecular formula is C21H30ClN. The highest BCUT2D eigenvalue weighted by Crippen LogP contribution is 2.17. The van der Waals surface area contributed by atoms with Crippen LogP contribution in [-0.2, 0) is 0 Å². The van der Waals surface area contributed by atoms with Crippen LogP contribution in [0.25, 0.3) is 0 Å². The van der Waals surface area contributed by atoms with Crippen LogP contribution in [0, 0.1) is 0 Å². The van der Waals surface area contributed by atoms with E-state index < -0.39 is 0 Å². The monoisotopic (exact) mass is 331 g/mol. The summed E-state index contributed by atoms with van der Waals surface area (Å²) in [7, 11) is 0. The molecule has 0 saturated heterocycles. The van der Waals surface area contributed by atoms with E-state index in [0.717, 1.165) is 0 Å². The van der Waals surface area contributed by atoms with Crippen LogP contribution >= 0.6 is 0 Å². The lowest BCUT2D eigenvalue weighted by Crippen LogP contribution is -3.00. The van der Waals surface area contributed by atoms with Crippen LogP contribution in [0.2, 0.25) is 0 Å². The van der Waals surface area contributed by atoms with E-state index in [-0.39, 0.29) is 12.4 Å². The van der Waals surface area contributed by atoms with Crippen molar-refractivity contribution < 1.29 is 17.7 Å². The van der Waals surface area contributed by atoms with E-state index in [4.69, 9.17) is 0 Å². The summed E-state index contributed by atoms with van der Waals surface area (Å²) >= 11 is 0. The van der Waals surface area contributed by atoms with Crippen molar-refractivity contribution in [2.75, 3.05) is 6.54 Å². The molecule has 1 nitrogen and oxygen atoms in total. The molecule has 0 aliphatic rings. The third kappa shape index (κ3) is 7.20. The summed E-state index contributed by atoms with van der Waals surface area (Å²) in [6, 6.07) is 22.2. The summed E-state index contributed by atoms with van der Waals surface area (Å²) in [6.07, 6.45) is 8.20. The Bertz CT molecular complexity index is 458. The third-order valence-corrected chi connectivity index (χ3v) is 4.28. The highest BCUT2D eigenvalue weighted by Gasteiger charge is 2.16. The van der Waals surface area contributed by atoms with Crippen molar-refractivity contribution in [3.8, 4) is 0 Å². The zero-order chi connectivity index (χ0) is 15.5. The molecule has 0 bridgehead atoms. The highest BCUT2D eigenvalue weighted by atomic mass is 35.5. The van der Waals surface area contributed by atoms with Crippen molar-refractivity contribution in [1.82, 2.24) is 0 Å². The van der Waals surface area contributed by atoms with Crippen LogP contribution < -0.4 is 17.7 Å². The quantitative estimate of drug-likeness (QED) is 0.638. The summed E-state index contributed by atoms with van der Waals surface area (Å²) in [5.41, 5.74) is 2.80. The molecule has 2 N–H and O–H groups in total. The van der Waals surface area contributed by atoms with Gasteiger partial charge in [-0.15, -0.1) is 0 Å². The van der Waals surface area contributed by atoms with Gasteiger partial charge in [-0.3, -0.25) is 0 Å². The van der Waals surface area contributed by atoms with Gasteiger partial charge >= 0.3 is 0 Å². The van der Waals surface area contributed by atoms with E-state index in [1.807, 2.05) is 0 Å². The van der Waals surface area contributed by atoms with Gasteiger partial charge in [-0.25, -0.2) is 0 Å². The van der Waals surface area contributed by atoms with E-state index in [1.54, 1.807) is 0 Å². The Morgan fingerprint density at radius 2 is 1.17 bits per heavy atom. The second-order valence-corrected chi connectivity index (χ2v) is 6.09. The van der Waals surface area contributed by atoms with Crippen molar-refractivity contribution in [2.24, 2.45) is 0 Å². The summed E-state index contributed by atoms with van der Waals surface area (Å²) in [5, 5.41) is 2.50. The van der Waals surface area contributed by atoms with E-state index >= 15 is 0 Å². The summed E-state index contributed by atoms with van der Waals surface area (Å²) in [4.78, 5) is 0. The standard InChI is InChI=1S/C21H29N.ClH/c1-2-3-4-5-6-13-18-22-21(19-14-9-7-10-15-19)20-16-11-8-12-17-20;/h7-12,14-17,21-22H,2-6,13,18H2,1H3;1H. The minimum absolute atomic E-state index is 0. The van der Waals surface area contributed by atoms with Gasteiger partial charge in [-0.05, 0) is 12.8 Å². The first-order chi connectivity index (χ1) is 10.9. The second-order valence-electron chi connectivity index (χ2n) is 6.09. The molecule has 0 amide bonds. The Kier molecular flexibility index (Phi) is 10.4. The van der Waals surface area contributed by atoms with Gasteiger partial charge in [0, 0.05) is 11.1 Å². The fraction of sp³-hybridized carbons (Fsp3) is 0.429. The maximum atomic E-state index is 2.50. The SMILES string of the molecule is CCCCCCCC[NH2+]C(c1ccccc1)c1ccccc1.[Cl-]. The first-order valence-corrected chi connectivity index (χ1v) is 8.85. The molecule has 0 atom stereocenters. The predicted octanol–water partition coefficient (Wildman–Crippen LogP) is 1.70. The molecule has 0 unspecified atom stereocenters. The average molecular weight is 332 g/mol. The number of rotatable bonds is 10. The molecule has 0 radical (unpaired) electrons. The Morgan fingerprint density at radius 1 is 0.696 bits per heavy atom. The van der Waals surface area contributed by atoms with Crippen LogP contribution in [-0.4, -0.2) is 6.54 Å². The third-order valence-electron chi connectivity index (χ3n) is 4.28. The van der Waals surface area contributed by atoms with Crippen molar-refractivity contribution in [3.05, 3.63) is 71.8 Å². The van der Waals surface area contributed by atoms with Crippen molar-refractivity contribution in [2.45, 2.75) is 51.5 Å². The molecule has 0 aliphatic heterocycles. The lowest BCUT2D eigenvalue weighted by atomic mass is 9.98. The fourth-order valence-electron chi connectivity index (χ4n) is 2.99. The normalized spacial score (nSPS) is 10.5. The first kappa shape index (κ1) is 19.7. The van der Waals surface area contributed by atoms with Gasteiger partial charge in [0.2, 0.25) is 0 Å². The number of benzene rings is 2. The molecule has 2 aromatic rings.